The van der Waals surface area contributed by atoms with Crippen LogP contribution in [0.5, 0.6) is 0 Å². The molecule has 1 nitrogen and oxygen atoms in total. The maximum Gasteiger partial charge on any atom is 0.0285 e. The van der Waals surface area contributed by atoms with Gasteiger partial charge in [-0.15, -0.1) is 11.3 Å². The number of nitrogens with one attached hydrogen (secondary N) is 1. The number of hydrogen-bond donors (Lipinski definition) is 1. The molecule has 2 aromatic rings. The fourth-order valence-corrected chi connectivity index (χ4v) is 4.84. The first-order valence-corrected chi connectivity index (χ1v) is 8.93. The van der Waals surface area contributed by atoms with Gasteiger partial charge >= 0.3 is 0 Å². The molecule has 1 aliphatic carbocycles. The van der Waals surface area contributed by atoms with E-state index in [0.717, 1.165) is 6.42 Å². The number of aryl methyl sites for hydroxylation is 1. The highest BCUT2D eigenvalue weighted by Gasteiger charge is 2.27. The topological polar surface area (TPSA) is 12.0 Å². The van der Waals surface area contributed by atoms with E-state index in [0.29, 0.717) is 12.0 Å². The first-order chi connectivity index (χ1) is 9.78. The summed E-state index contributed by atoms with van der Waals surface area (Å²) in [7, 11) is 2.10. The molecule has 1 aliphatic rings. The molecule has 3 heteroatoms. The summed E-state index contributed by atoms with van der Waals surface area (Å²) in [6.45, 7) is 0. The van der Waals surface area contributed by atoms with Gasteiger partial charge in [0, 0.05) is 20.8 Å². The zero-order valence-corrected chi connectivity index (χ0v) is 14.1. The van der Waals surface area contributed by atoms with E-state index < -0.39 is 0 Å². The third-order valence-corrected chi connectivity index (χ3v) is 6.04. The quantitative estimate of drug-likeness (QED) is 0.838. The van der Waals surface area contributed by atoms with Crippen molar-refractivity contribution in [2.75, 3.05) is 7.05 Å². The highest BCUT2D eigenvalue weighted by Crippen LogP contribution is 2.35. The standard InChI is InChI=1S/C17H20BrNS/c1-19-17(10-14-9-13(18)11-20-14)16-8-4-6-12-5-2-3-7-15(12)16/h2-3,5,7,9,11,16-17,19H,4,6,8,10H2,1H3. The molecule has 0 spiro atoms. The molecule has 1 heterocycles. The Balaban J connectivity index is 1.83. The molecule has 0 radical (unpaired) electrons. The second-order valence-corrected chi connectivity index (χ2v) is 7.44. The number of fused-ring (bicyclic) bond motifs is 1. The van der Waals surface area contributed by atoms with E-state index in [2.05, 4.69) is 64.0 Å². The van der Waals surface area contributed by atoms with Gasteiger partial charge in [-0.2, -0.15) is 0 Å². The molecule has 0 bridgehead atoms. The van der Waals surface area contributed by atoms with Crippen LogP contribution in [-0.4, -0.2) is 13.1 Å². The van der Waals surface area contributed by atoms with Crippen molar-refractivity contribution in [3.05, 3.63) is 56.2 Å². The van der Waals surface area contributed by atoms with E-state index >= 15 is 0 Å². The molecule has 0 saturated carbocycles. The van der Waals surface area contributed by atoms with Crippen molar-refractivity contribution in [2.45, 2.75) is 37.6 Å². The van der Waals surface area contributed by atoms with Gasteiger partial charge in [-0.25, -0.2) is 0 Å². The Hall–Kier alpha value is -0.640. The van der Waals surface area contributed by atoms with Crippen molar-refractivity contribution in [2.24, 2.45) is 0 Å². The highest BCUT2D eigenvalue weighted by atomic mass is 79.9. The molecule has 0 saturated heterocycles. The van der Waals surface area contributed by atoms with Gasteiger partial charge in [-0.05, 0) is 71.8 Å². The van der Waals surface area contributed by atoms with E-state index in [9.17, 15) is 0 Å². The van der Waals surface area contributed by atoms with Gasteiger partial charge < -0.3 is 5.32 Å². The summed E-state index contributed by atoms with van der Waals surface area (Å²) in [5.74, 6) is 0.644. The van der Waals surface area contributed by atoms with Gasteiger partial charge in [0.25, 0.3) is 0 Å². The Labute approximate surface area is 133 Å². The van der Waals surface area contributed by atoms with Crippen LogP contribution < -0.4 is 5.32 Å². The van der Waals surface area contributed by atoms with Gasteiger partial charge in [-0.1, -0.05) is 24.3 Å². The van der Waals surface area contributed by atoms with Gasteiger partial charge in [0.2, 0.25) is 0 Å². The lowest BCUT2D eigenvalue weighted by Gasteiger charge is -2.32. The SMILES string of the molecule is CNC(Cc1cc(Br)cs1)C1CCCc2ccccc21. The van der Waals surface area contributed by atoms with Crippen molar-refractivity contribution in [1.82, 2.24) is 5.32 Å². The maximum atomic E-state index is 3.56. The average molecular weight is 350 g/mol. The Bertz CT molecular complexity index is 578. The highest BCUT2D eigenvalue weighted by molar-refractivity contribution is 9.10. The minimum absolute atomic E-state index is 0.530. The lowest BCUT2D eigenvalue weighted by atomic mass is 9.78. The van der Waals surface area contributed by atoms with Gasteiger partial charge in [0.05, 0.1) is 0 Å². The number of hydrogen-bond acceptors (Lipinski definition) is 2. The largest absolute Gasteiger partial charge is 0.316 e. The molecule has 2 unspecified atom stereocenters. The zero-order chi connectivity index (χ0) is 13.9. The first kappa shape index (κ1) is 14.3. The molecule has 3 rings (SSSR count). The molecular weight excluding hydrogens is 330 g/mol. The van der Waals surface area contributed by atoms with Crippen molar-refractivity contribution < 1.29 is 0 Å². The molecule has 2 atom stereocenters. The fraction of sp³-hybridized carbons (Fsp3) is 0.412. The Morgan fingerprint density at radius 2 is 2.25 bits per heavy atom. The summed E-state index contributed by atoms with van der Waals surface area (Å²) in [5.41, 5.74) is 3.12. The van der Waals surface area contributed by atoms with Crippen LogP contribution in [0.4, 0.5) is 0 Å². The number of rotatable bonds is 4. The van der Waals surface area contributed by atoms with Crippen molar-refractivity contribution in [1.29, 1.82) is 0 Å². The Kier molecular flexibility index (Phi) is 4.59. The van der Waals surface area contributed by atoms with Gasteiger partial charge in [-0.3, -0.25) is 0 Å². The monoisotopic (exact) mass is 349 g/mol. The van der Waals surface area contributed by atoms with Crippen LogP contribution in [0.25, 0.3) is 0 Å². The summed E-state index contributed by atoms with van der Waals surface area (Å²) < 4.78 is 1.20. The van der Waals surface area contributed by atoms with Gasteiger partial charge in [0.1, 0.15) is 0 Å². The molecule has 1 N–H and O–H groups in total. The van der Waals surface area contributed by atoms with E-state index in [1.165, 1.54) is 28.6 Å². The van der Waals surface area contributed by atoms with Crippen LogP contribution in [0.1, 0.15) is 34.8 Å². The van der Waals surface area contributed by atoms with Crippen molar-refractivity contribution in [3.8, 4) is 0 Å². The van der Waals surface area contributed by atoms with Crippen molar-refractivity contribution in [3.63, 3.8) is 0 Å². The normalized spacial score (nSPS) is 19.6. The molecule has 106 valence electrons. The van der Waals surface area contributed by atoms with Crippen molar-refractivity contribution >= 4 is 27.3 Å². The summed E-state index contributed by atoms with van der Waals surface area (Å²) in [6.07, 6.45) is 4.97. The van der Waals surface area contributed by atoms with Gasteiger partial charge in [0.15, 0.2) is 0 Å². The van der Waals surface area contributed by atoms with Crippen LogP contribution in [-0.2, 0) is 12.8 Å². The third kappa shape index (κ3) is 3.00. The van der Waals surface area contributed by atoms with Crippen LogP contribution in [0.15, 0.2) is 40.2 Å². The Morgan fingerprint density at radius 3 is 3.00 bits per heavy atom. The van der Waals surface area contributed by atoms with E-state index in [1.54, 1.807) is 11.1 Å². The minimum Gasteiger partial charge on any atom is -0.316 e. The predicted molar refractivity (Wildman–Crippen MR) is 90.7 cm³/mol. The maximum absolute atomic E-state index is 3.56. The first-order valence-electron chi connectivity index (χ1n) is 7.26. The lowest BCUT2D eigenvalue weighted by molar-refractivity contribution is 0.413. The van der Waals surface area contributed by atoms with Crippen LogP contribution in [0.3, 0.4) is 0 Å². The molecular formula is C17H20BrNS. The van der Waals surface area contributed by atoms with E-state index in [4.69, 9.17) is 0 Å². The number of likely N-dealkylation sites (N-methyl/N-ethyl adjacent to an activating group) is 1. The smallest absolute Gasteiger partial charge is 0.0285 e. The molecule has 0 amide bonds. The second kappa shape index (κ2) is 6.42. The number of thiophene rings is 1. The molecule has 20 heavy (non-hydrogen) atoms. The predicted octanol–water partition coefficient (Wildman–Crippen LogP) is 4.76. The molecule has 0 aliphatic heterocycles. The summed E-state index contributed by atoms with van der Waals surface area (Å²) in [5, 5.41) is 5.74. The van der Waals surface area contributed by atoms with E-state index in [-0.39, 0.29) is 0 Å². The van der Waals surface area contributed by atoms with E-state index in [1.807, 2.05) is 11.3 Å². The Morgan fingerprint density at radius 1 is 1.40 bits per heavy atom. The number of benzene rings is 1. The lowest BCUT2D eigenvalue weighted by Crippen LogP contribution is -2.35. The summed E-state index contributed by atoms with van der Waals surface area (Å²) in [6, 6.07) is 11.8. The van der Waals surface area contributed by atoms with Crippen LogP contribution >= 0.6 is 27.3 Å². The minimum atomic E-state index is 0.530. The fourth-order valence-electron chi connectivity index (χ4n) is 3.33. The molecule has 0 fully saturated rings. The van der Waals surface area contributed by atoms with Crippen LogP contribution in [0, 0.1) is 0 Å². The molecule has 1 aromatic carbocycles. The molecule has 1 aromatic heterocycles. The third-order valence-electron chi connectivity index (χ3n) is 4.32. The van der Waals surface area contributed by atoms with Crippen LogP contribution in [0.2, 0.25) is 0 Å². The second-order valence-electron chi connectivity index (χ2n) is 5.53. The summed E-state index contributed by atoms with van der Waals surface area (Å²) >= 11 is 5.41. The number of halogens is 1. The summed E-state index contributed by atoms with van der Waals surface area (Å²) in [4.78, 5) is 1.46. The average Bonchev–Trinajstić information content (AvgIpc) is 2.89. The zero-order valence-electron chi connectivity index (χ0n) is 11.7.